The number of carbonyl (C=O) groups is 1. The monoisotopic (exact) mass is 272 g/mol. The molecule has 2 heterocycles. The van der Waals surface area contributed by atoms with Gasteiger partial charge in [-0.2, -0.15) is 0 Å². The van der Waals surface area contributed by atoms with Crippen molar-refractivity contribution in [3.63, 3.8) is 0 Å². The molecule has 0 unspecified atom stereocenters. The number of aromatic nitrogens is 2. The molecule has 4 nitrogen and oxygen atoms in total. The minimum atomic E-state index is -0.982. The first-order chi connectivity index (χ1) is 9.08. The Labute approximate surface area is 113 Å². The van der Waals surface area contributed by atoms with Crippen LogP contribution in [0.1, 0.15) is 15.5 Å². The van der Waals surface area contributed by atoms with Gasteiger partial charge < -0.3 is 9.67 Å². The van der Waals surface area contributed by atoms with Gasteiger partial charge in [0.15, 0.2) is 5.69 Å². The Morgan fingerprint density at radius 3 is 2.79 bits per heavy atom. The summed E-state index contributed by atoms with van der Waals surface area (Å²) in [5.74, 6) is -0.982. The Kier molecular flexibility index (Phi) is 2.64. The van der Waals surface area contributed by atoms with Gasteiger partial charge in [-0.15, -0.1) is 11.3 Å². The van der Waals surface area contributed by atoms with E-state index < -0.39 is 5.97 Å². The van der Waals surface area contributed by atoms with E-state index in [9.17, 15) is 9.90 Å². The van der Waals surface area contributed by atoms with Gasteiger partial charge >= 0.3 is 5.97 Å². The first kappa shape index (κ1) is 11.9. The van der Waals surface area contributed by atoms with E-state index in [1.54, 1.807) is 0 Å². The Balaban J connectivity index is 2.30. The Hall–Kier alpha value is -2.14. The molecule has 0 spiro atoms. The Morgan fingerprint density at radius 2 is 2.11 bits per heavy atom. The highest BCUT2D eigenvalue weighted by molar-refractivity contribution is 7.15. The predicted octanol–water partition coefficient (Wildman–Crippen LogP) is 3.31. The summed E-state index contributed by atoms with van der Waals surface area (Å²) in [5.41, 5.74) is 2.11. The molecule has 0 amide bonds. The third-order valence-electron chi connectivity index (χ3n) is 3.12. The van der Waals surface area contributed by atoms with Gasteiger partial charge in [-0.1, -0.05) is 18.2 Å². The average molecular weight is 272 g/mol. The second kappa shape index (κ2) is 4.20. The molecule has 0 atom stereocenters. The zero-order valence-electron chi connectivity index (χ0n) is 10.5. The summed E-state index contributed by atoms with van der Waals surface area (Å²) in [7, 11) is 1.94. The van der Waals surface area contributed by atoms with E-state index in [-0.39, 0.29) is 5.69 Å². The second-order valence-electron chi connectivity index (χ2n) is 4.36. The first-order valence-electron chi connectivity index (χ1n) is 5.83. The van der Waals surface area contributed by atoms with Crippen LogP contribution in [0.25, 0.3) is 21.5 Å². The second-order valence-corrected chi connectivity index (χ2v) is 5.57. The number of carboxylic acid groups (broad SMARTS) is 1. The molecular weight excluding hydrogens is 260 g/mol. The van der Waals surface area contributed by atoms with Crippen LogP contribution in [0, 0.1) is 6.92 Å². The van der Waals surface area contributed by atoms with Gasteiger partial charge in [0, 0.05) is 18.0 Å². The van der Waals surface area contributed by atoms with Crippen molar-refractivity contribution in [3.05, 3.63) is 41.0 Å². The Morgan fingerprint density at radius 1 is 1.37 bits per heavy atom. The quantitative estimate of drug-likeness (QED) is 0.778. The number of nitrogens with zero attached hydrogens (tertiary/aromatic N) is 2. The zero-order valence-corrected chi connectivity index (χ0v) is 11.4. The van der Waals surface area contributed by atoms with Gasteiger partial charge in [0.1, 0.15) is 0 Å². The largest absolute Gasteiger partial charge is 0.476 e. The summed E-state index contributed by atoms with van der Waals surface area (Å²) in [6, 6.07) is 10.00. The van der Waals surface area contributed by atoms with Crippen LogP contribution in [-0.2, 0) is 7.05 Å². The molecule has 0 aliphatic rings. The third kappa shape index (κ3) is 1.82. The summed E-state index contributed by atoms with van der Waals surface area (Å²) in [5, 5.41) is 11.1. The number of fused-ring (bicyclic) bond motifs is 1. The molecule has 19 heavy (non-hydrogen) atoms. The summed E-state index contributed by atoms with van der Waals surface area (Å²) in [6.45, 7) is 1.82. The van der Waals surface area contributed by atoms with Crippen molar-refractivity contribution in [2.75, 3.05) is 0 Å². The van der Waals surface area contributed by atoms with Crippen LogP contribution in [-0.4, -0.2) is 20.6 Å². The van der Waals surface area contributed by atoms with E-state index >= 15 is 0 Å². The zero-order chi connectivity index (χ0) is 13.6. The Bertz CT molecular complexity index is 786. The molecule has 0 saturated carbocycles. The minimum absolute atomic E-state index is 0.133. The number of rotatable bonds is 2. The smallest absolute Gasteiger partial charge is 0.356 e. The molecule has 0 aliphatic heterocycles. The van der Waals surface area contributed by atoms with Crippen LogP contribution >= 0.6 is 11.3 Å². The van der Waals surface area contributed by atoms with Gasteiger partial charge in [-0.3, -0.25) is 0 Å². The molecule has 96 valence electrons. The van der Waals surface area contributed by atoms with Gasteiger partial charge in [0.2, 0.25) is 0 Å². The molecule has 0 bridgehead atoms. The highest BCUT2D eigenvalue weighted by atomic mass is 32.1. The van der Waals surface area contributed by atoms with Crippen molar-refractivity contribution in [2.24, 2.45) is 7.05 Å². The SMILES string of the molecule is Cc1nc(C(=O)O)c(-c2cc3ccccc3n2C)s1. The minimum Gasteiger partial charge on any atom is -0.476 e. The molecule has 3 aromatic rings. The van der Waals surface area contributed by atoms with Crippen LogP contribution in [0.5, 0.6) is 0 Å². The normalized spacial score (nSPS) is 11.1. The highest BCUT2D eigenvalue weighted by Crippen LogP contribution is 2.33. The average Bonchev–Trinajstić information content (AvgIpc) is 2.91. The lowest BCUT2D eigenvalue weighted by Gasteiger charge is -2.02. The van der Waals surface area contributed by atoms with Crippen molar-refractivity contribution in [1.82, 2.24) is 9.55 Å². The van der Waals surface area contributed by atoms with Gasteiger partial charge in [0.05, 0.1) is 15.6 Å². The highest BCUT2D eigenvalue weighted by Gasteiger charge is 2.20. The molecule has 0 saturated heterocycles. The van der Waals surface area contributed by atoms with Crippen LogP contribution in [0.3, 0.4) is 0 Å². The maximum atomic E-state index is 11.3. The maximum Gasteiger partial charge on any atom is 0.356 e. The number of para-hydroxylation sites is 1. The van der Waals surface area contributed by atoms with E-state index in [4.69, 9.17) is 0 Å². The molecular formula is C14H12N2O2S. The van der Waals surface area contributed by atoms with Crippen LogP contribution < -0.4 is 0 Å². The first-order valence-corrected chi connectivity index (χ1v) is 6.65. The van der Waals surface area contributed by atoms with E-state index in [1.807, 2.05) is 48.9 Å². The van der Waals surface area contributed by atoms with Crippen molar-refractivity contribution < 1.29 is 9.90 Å². The standard InChI is InChI=1S/C14H12N2O2S/c1-8-15-12(14(17)18)13(19-8)11-7-9-5-3-4-6-10(9)16(11)2/h3-7H,1-2H3,(H,17,18). The summed E-state index contributed by atoms with van der Waals surface area (Å²) < 4.78 is 2.01. The summed E-state index contributed by atoms with van der Waals surface area (Å²) >= 11 is 1.41. The van der Waals surface area contributed by atoms with Gasteiger partial charge in [0.25, 0.3) is 0 Å². The molecule has 2 aromatic heterocycles. The number of carboxylic acids is 1. The number of hydrogen-bond donors (Lipinski definition) is 1. The van der Waals surface area contributed by atoms with Crippen molar-refractivity contribution in [2.45, 2.75) is 6.92 Å². The van der Waals surface area contributed by atoms with Gasteiger partial charge in [-0.05, 0) is 19.1 Å². The number of thiazole rings is 1. The van der Waals surface area contributed by atoms with Crippen molar-refractivity contribution in [3.8, 4) is 10.6 Å². The lowest BCUT2D eigenvalue weighted by atomic mass is 10.2. The van der Waals surface area contributed by atoms with E-state index in [1.165, 1.54) is 11.3 Å². The maximum absolute atomic E-state index is 11.3. The fourth-order valence-electron chi connectivity index (χ4n) is 2.25. The van der Waals surface area contributed by atoms with E-state index in [0.717, 1.165) is 21.6 Å². The predicted molar refractivity (Wildman–Crippen MR) is 75.7 cm³/mol. The molecule has 1 aromatic carbocycles. The molecule has 0 radical (unpaired) electrons. The van der Waals surface area contributed by atoms with Crippen LogP contribution in [0.15, 0.2) is 30.3 Å². The molecule has 5 heteroatoms. The number of benzene rings is 1. The summed E-state index contributed by atoms with van der Waals surface area (Å²) in [6.07, 6.45) is 0. The van der Waals surface area contributed by atoms with Crippen LogP contribution in [0.2, 0.25) is 0 Å². The molecule has 0 fully saturated rings. The topological polar surface area (TPSA) is 55.1 Å². The van der Waals surface area contributed by atoms with E-state index in [0.29, 0.717) is 4.88 Å². The fourth-order valence-corrected chi connectivity index (χ4v) is 3.21. The van der Waals surface area contributed by atoms with Crippen LogP contribution in [0.4, 0.5) is 0 Å². The fraction of sp³-hybridized carbons (Fsp3) is 0.143. The summed E-state index contributed by atoms with van der Waals surface area (Å²) in [4.78, 5) is 16.1. The van der Waals surface area contributed by atoms with Gasteiger partial charge in [-0.25, -0.2) is 9.78 Å². The lowest BCUT2D eigenvalue weighted by Crippen LogP contribution is -2.00. The van der Waals surface area contributed by atoms with Crippen molar-refractivity contribution in [1.29, 1.82) is 0 Å². The number of aryl methyl sites for hydroxylation is 2. The number of aromatic carboxylic acids is 1. The third-order valence-corrected chi connectivity index (χ3v) is 4.11. The molecule has 0 aliphatic carbocycles. The number of hydrogen-bond acceptors (Lipinski definition) is 3. The van der Waals surface area contributed by atoms with E-state index in [2.05, 4.69) is 4.98 Å². The molecule has 1 N–H and O–H groups in total. The van der Waals surface area contributed by atoms with Crippen molar-refractivity contribution >= 4 is 28.2 Å². The lowest BCUT2D eigenvalue weighted by molar-refractivity contribution is 0.0692. The molecule has 3 rings (SSSR count).